The van der Waals surface area contributed by atoms with Crippen molar-refractivity contribution in [2.75, 3.05) is 24.7 Å². The van der Waals surface area contributed by atoms with Crippen LogP contribution in [-0.2, 0) is 21.4 Å². The van der Waals surface area contributed by atoms with Crippen molar-refractivity contribution in [3.63, 3.8) is 0 Å². The van der Waals surface area contributed by atoms with Crippen LogP contribution < -0.4 is 10.1 Å². The minimum atomic E-state index is -3.44. The first-order valence-corrected chi connectivity index (χ1v) is 10.1. The highest BCUT2D eigenvalue weighted by molar-refractivity contribution is 7.88. The zero-order chi connectivity index (χ0) is 19.0. The molecule has 2 aromatic rings. The number of nitrogens with one attached hydrogen (secondary N) is 1. The lowest BCUT2D eigenvalue weighted by Gasteiger charge is -2.20. The molecule has 0 bridgehead atoms. The Kier molecular flexibility index (Phi) is 7.11. The fourth-order valence-electron chi connectivity index (χ4n) is 2.34. The van der Waals surface area contributed by atoms with Gasteiger partial charge in [-0.25, -0.2) is 8.42 Å². The summed E-state index contributed by atoms with van der Waals surface area (Å²) < 4.78 is 30.8. The minimum absolute atomic E-state index is 0.0403. The quantitative estimate of drug-likeness (QED) is 0.724. The third-order valence-corrected chi connectivity index (χ3v) is 4.88. The largest absolute Gasteiger partial charge is 0.492 e. The molecule has 0 aliphatic carbocycles. The molecule has 26 heavy (non-hydrogen) atoms. The monoisotopic (exact) mass is 377 g/mol. The molecule has 7 nitrogen and oxygen atoms in total. The second-order valence-corrected chi connectivity index (χ2v) is 7.66. The smallest absolute Gasteiger partial charge is 0.225 e. The summed E-state index contributed by atoms with van der Waals surface area (Å²) >= 11 is 0. The van der Waals surface area contributed by atoms with E-state index in [-0.39, 0.29) is 25.4 Å². The number of benzene rings is 1. The Balaban J connectivity index is 1.99. The fraction of sp³-hybridized carbons (Fsp3) is 0.333. The highest BCUT2D eigenvalue weighted by Gasteiger charge is 2.18. The van der Waals surface area contributed by atoms with E-state index in [0.29, 0.717) is 18.0 Å². The second kappa shape index (κ2) is 9.30. The number of carbonyl (C=O) groups excluding carboxylic acids is 1. The summed E-state index contributed by atoms with van der Waals surface area (Å²) in [5.41, 5.74) is 1.38. The van der Waals surface area contributed by atoms with Gasteiger partial charge in [-0.15, -0.1) is 0 Å². The summed E-state index contributed by atoms with van der Waals surface area (Å²) in [6, 6.07) is 10.6. The maximum Gasteiger partial charge on any atom is 0.225 e. The van der Waals surface area contributed by atoms with Gasteiger partial charge in [0, 0.05) is 31.9 Å². The number of rotatable bonds is 9. The molecule has 0 unspecified atom stereocenters. The lowest BCUT2D eigenvalue weighted by atomic mass is 10.2. The summed E-state index contributed by atoms with van der Waals surface area (Å²) in [5.74, 6) is 0.306. The molecule has 0 aliphatic heterocycles. The van der Waals surface area contributed by atoms with Crippen LogP contribution in [0.2, 0.25) is 0 Å². The molecule has 1 aromatic heterocycles. The van der Waals surface area contributed by atoms with Crippen molar-refractivity contribution < 1.29 is 17.9 Å². The van der Waals surface area contributed by atoms with E-state index in [0.717, 1.165) is 11.8 Å². The number of sulfonamides is 1. The first kappa shape index (κ1) is 19.9. The molecule has 1 aromatic carbocycles. The van der Waals surface area contributed by atoms with Crippen LogP contribution in [0.1, 0.15) is 18.9 Å². The molecule has 8 heteroatoms. The third kappa shape index (κ3) is 6.12. The summed E-state index contributed by atoms with van der Waals surface area (Å²) in [5, 5.41) is 2.77. The number of hydrogen-bond donors (Lipinski definition) is 1. The SMILES string of the molecule is CCOc1ccccc1NC(=O)CCN(Cc1ccncc1)S(C)(=O)=O. The Bertz CT molecular complexity index is 825. The van der Waals surface area contributed by atoms with E-state index in [9.17, 15) is 13.2 Å². The molecule has 1 N–H and O–H groups in total. The van der Waals surface area contributed by atoms with Gasteiger partial charge in [0.15, 0.2) is 0 Å². The van der Waals surface area contributed by atoms with E-state index in [4.69, 9.17) is 4.74 Å². The van der Waals surface area contributed by atoms with Gasteiger partial charge in [0.25, 0.3) is 0 Å². The number of ether oxygens (including phenoxy) is 1. The van der Waals surface area contributed by atoms with Crippen LogP contribution in [-0.4, -0.2) is 43.0 Å². The highest BCUT2D eigenvalue weighted by atomic mass is 32.2. The molecule has 1 heterocycles. The minimum Gasteiger partial charge on any atom is -0.492 e. The van der Waals surface area contributed by atoms with Gasteiger partial charge in [0.1, 0.15) is 5.75 Å². The van der Waals surface area contributed by atoms with E-state index in [1.807, 2.05) is 13.0 Å². The average Bonchev–Trinajstić information content (AvgIpc) is 2.60. The Morgan fingerprint density at radius 3 is 2.54 bits per heavy atom. The van der Waals surface area contributed by atoms with E-state index < -0.39 is 10.0 Å². The molecule has 0 fully saturated rings. The number of nitrogens with zero attached hydrogens (tertiary/aromatic N) is 2. The van der Waals surface area contributed by atoms with Gasteiger partial charge in [-0.1, -0.05) is 12.1 Å². The predicted molar refractivity (Wildman–Crippen MR) is 100 cm³/mol. The van der Waals surface area contributed by atoms with Gasteiger partial charge in [-0.3, -0.25) is 9.78 Å². The van der Waals surface area contributed by atoms with Gasteiger partial charge < -0.3 is 10.1 Å². The van der Waals surface area contributed by atoms with Gasteiger partial charge in [0.05, 0.1) is 18.6 Å². The van der Waals surface area contributed by atoms with Crippen LogP contribution >= 0.6 is 0 Å². The molecule has 140 valence electrons. The molecular weight excluding hydrogens is 354 g/mol. The van der Waals surface area contributed by atoms with Crippen LogP contribution in [0, 0.1) is 0 Å². The Labute approximate surface area is 154 Å². The Hall–Kier alpha value is -2.45. The highest BCUT2D eigenvalue weighted by Crippen LogP contribution is 2.23. The average molecular weight is 377 g/mol. The van der Waals surface area contributed by atoms with Gasteiger partial charge in [-0.05, 0) is 36.8 Å². The second-order valence-electron chi connectivity index (χ2n) is 5.68. The molecular formula is C18H23N3O4S. The van der Waals surface area contributed by atoms with Crippen molar-refractivity contribution in [1.29, 1.82) is 0 Å². The van der Waals surface area contributed by atoms with Crippen LogP contribution in [0.15, 0.2) is 48.8 Å². The molecule has 0 spiro atoms. The number of aromatic nitrogens is 1. The van der Waals surface area contributed by atoms with E-state index in [1.165, 1.54) is 4.31 Å². The molecule has 0 radical (unpaired) electrons. The summed E-state index contributed by atoms with van der Waals surface area (Å²) in [4.78, 5) is 16.2. The topological polar surface area (TPSA) is 88.6 Å². The molecule has 1 amide bonds. The summed E-state index contributed by atoms with van der Waals surface area (Å²) in [6.45, 7) is 2.64. The first-order valence-electron chi connectivity index (χ1n) is 8.26. The van der Waals surface area contributed by atoms with Crippen molar-refractivity contribution in [2.24, 2.45) is 0 Å². The first-order chi connectivity index (χ1) is 12.4. The normalized spacial score (nSPS) is 11.3. The number of pyridine rings is 1. The number of hydrogen-bond acceptors (Lipinski definition) is 5. The standard InChI is InChI=1S/C18H23N3O4S/c1-3-25-17-7-5-4-6-16(17)20-18(22)10-13-21(26(2,23)24)14-15-8-11-19-12-9-15/h4-9,11-12H,3,10,13-14H2,1-2H3,(H,20,22). The van der Waals surface area contributed by atoms with Crippen molar-refractivity contribution in [2.45, 2.75) is 19.9 Å². The molecule has 0 saturated heterocycles. The molecule has 0 aliphatic rings. The maximum absolute atomic E-state index is 12.3. The van der Waals surface area contributed by atoms with Gasteiger partial charge in [-0.2, -0.15) is 4.31 Å². The van der Waals surface area contributed by atoms with E-state index in [1.54, 1.807) is 42.7 Å². The number of carbonyl (C=O) groups is 1. The zero-order valence-electron chi connectivity index (χ0n) is 14.9. The van der Waals surface area contributed by atoms with Crippen LogP contribution in [0.25, 0.3) is 0 Å². The third-order valence-electron chi connectivity index (χ3n) is 3.63. The maximum atomic E-state index is 12.3. The van der Waals surface area contributed by atoms with Crippen molar-refractivity contribution >= 4 is 21.6 Å². The number of anilines is 1. The molecule has 0 saturated carbocycles. The Morgan fingerprint density at radius 1 is 1.19 bits per heavy atom. The van der Waals surface area contributed by atoms with Crippen molar-refractivity contribution in [3.8, 4) is 5.75 Å². The lowest BCUT2D eigenvalue weighted by Crippen LogP contribution is -2.32. The lowest BCUT2D eigenvalue weighted by molar-refractivity contribution is -0.116. The summed E-state index contributed by atoms with van der Waals surface area (Å²) in [6.07, 6.45) is 4.38. The summed E-state index contributed by atoms with van der Waals surface area (Å²) in [7, 11) is -3.44. The number of para-hydroxylation sites is 2. The molecule has 2 rings (SSSR count). The fourth-order valence-corrected chi connectivity index (χ4v) is 3.15. The van der Waals surface area contributed by atoms with Crippen LogP contribution in [0.3, 0.4) is 0 Å². The van der Waals surface area contributed by atoms with E-state index in [2.05, 4.69) is 10.3 Å². The van der Waals surface area contributed by atoms with Crippen LogP contribution in [0.5, 0.6) is 5.75 Å². The van der Waals surface area contributed by atoms with E-state index >= 15 is 0 Å². The van der Waals surface area contributed by atoms with Gasteiger partial charge in [0.2, 0.25) is 15.9 Å². The predicted octanol–water partition coefficient (Wildman–Crippen LogP) is 2.27. The van der Waals surface area contributed by atoms with Crippen LogP contribution in [0.4, 0.5) is 5.69 Å². The van der Waals surface area contributed by atoms with Crippen molar-refractivity contribution in [1.82, 2.24) is 9.29 Å². The van der Waals surface area contributed by atoms with Gasteiger partial charge >= 0.3 is 0 Å². The Morgan fingerprint density at radius 2 is 1.88 bits per heavy atom. The molecule has 0 atom stereocenters. The van der Waals surface area contributed by atoms with Crippen molar-refractivity contribution in [3.05, 3.63) is 54.4 Å². The zero-order valence-corrected chi connectivity index (χ0v) is 15.7. The number of amides is 1.